The molecule has 13 fully saturated rings. The van der Waals surface area contributed by atoms with E-state index in [1.807, 2.05) is 0 Å². The number of rotatable bonds is 8. The molecule has 0 aromatic carbocycles. The van der Waals surface area contributed by atoms with Gasteiger partial charge in [-0.3, -0.25) is 9.59 Å². The molecule has 9 atom stereocenters. The number of hydrogen-bond acceptors (Lipinski definition) is 10. The molecule has 0 aromatic heterocycles. The predicted octanol–water partition coefficient (Wildman–Crippen LogP) is 5.10. The quantitative estimate of drug-likeness (QED) is 0.256. The zero-order chi connectivity index (χ0) is 36.1. The maximum Gasteiger partial charge on any atom is 0.376 e. The summed E-state index contributed by atoms with van der Waals surface area (Å²) in [6.45, 7) is 0.441. The summed E-state index contributed by atoms with van der Waals surface area (Å²) in [6.07, 6.45) is 10.9. The summed E-state index contributed by atoms with van der Waals surface area (Å²) in [5.41, 5.74) is -4.16. The van der Waals surface area contributed by atoms with Gasteiger partial charge in [-0.05, 0) is 138 Å². The van der Waals surface area contributed by atoms with E-state index in [1.165, 1.54) is 0 Å². The summed E-state index contributed by atoms with van der Waals surface area (Å²) in [4.78, 5) is 40.6. The molecule has 1 spiro atoms. The molecule has 0 amide bonds. The average molecular weight is 733 g/mol. The molecule has 12 bridgehead atoms. The van der Waals surface area contributed by atoms with Crippen LogP contribution >= 0.6 is 0 Å². The molecule has 9 unspecified atom stereocenters. The maximum absolute atomic E-state index is 14.1. The monoisotopic (exact) mass is 732 g/mol. The molecule has 12 aliphatic carbocycles. The molecule has 1 aliphatic heterocycles. The van der Waals surface area contributed by atoms with Crippen molar-refractivity contribution >= 4 is 17.9 Å². The second-order valence-corrected chi connectivity index (χ2v) is 20.5. The largest absolute Gasteiger partial charge is 0.464 e. The average Bonchev–Trinajstić information content (AvgIpc) is 3.04. The second kappa shape index (κ2) is 11.1. The van der Waals surface area contributed by atoms with Crippen molar-refractivity contribution in [2.45, 2.75) is 139 Å². The van der Waals surface area contributed by atoms with Gasteiger partial charge >= 0.3 is 23.8 Å². The van der Waals surface area contributed by atoms with Crippen molar-refractivity contribution in [2.24, 2.45) is 63.6 Å². The SMILES string of the molecule is CC(F)(F)C(=O)OC1C2CC3CC(C2)C2(OCC(COC(=O)C45CC6CC(CC(O)(C6)C4)C5)(COC(=O)C45CC6CC(CC(O)(C6)C4)C5)CO2)C1C3. The lowest BCUT2D eigenvalue weighted by atomic mass is 9.48. The molecule has 10 nitrogen and oxygen atoms in total. The van der Waals surface area contributed by atoms with Crippen molar-refractivity contribution in [3.8, 4) is 0 Å². The van der Waals surface area contributed by atoms with E-state index in [9.17, 15) is 33.4 Å². The molecular weight excluding hydrogens is 678 g/mol. The predicted molar refractivity (Wildman–Crippen MR) is 176 cm³/mol. The number of carbonyl (C=O) groups excluding carboxylic acids is 3. The van der Waals surface area contributed by atoms with Crippen molar-refractivity contribution < 1.29 is 57.1 Å². The van der Waals surface area contributed by atoms with Crippen molar-refractivity contribution in [2.75, 3.05) is 26.4 Å². The Kier molecular flexibility index (Phi) is 7.40. The van der Waals surface area contributed by atoms with Crippen molar-refractivity contribution in [1.29, 1.82) is 0 Å². The van der Waals surface area contributed by atoms with E-state index in [4.69, 9.17) is 23.7 Å². The van der Waals surface area contributed by atoms with E-state index in [-0.39, 0.29) is 50.2 Å². The van der Waals surface area contributed by atoms with Crippen LogP contribution in [0.15, 0.2) is 0 Å². The van der Waals surface area contributed by atoms with E-state index in [2.05, 4.69) is 0 Å². The van der Waals surface area contributed by atoms with Crippen LogP contribution in [0.4, 0.5) is 8.78 Å². The lowest BCUT2D eigenvalue weighted by molar-refractivity contribution is -0.399. The Hall–Kier alpha value is -1.89. The van der Waals surface area contributed by atoms with Gasteiger partial charge in [-0.15, -0.1) is 0 Å². The molecule has 0 radical (unpaired) electrons. The van der Waals surface area contributed by atoms with Crippen LogP contribution in [0.3, 0.4) is 0 Å². The van der Waals surface area contributed by atoms with Crippen LogP contribution in [0.5, 0.6) is 0 Å². The second-order valence-electron chi connectivity index (χ2n) is 20.5. The Labute approximate surface area is 303 Å². The fourth-order valence-corrected chi connectivity index (χ4v) is 15.1. The van der Waals surface area contributed by atoms with Gasteiger partial charge in [-0.2, -0.15) is 8.78 Å². The summed E-state index contributed by atoms with van der Waals surface area (Å²) in [7, 11) is 0. The molecule has 1 heterocycles. The number of esters is 3. The standard InChI is InChI=1S/C40H54F2O10/c1-34(41,42)31(43)52-30-27-4-22-5-28(7-27)40(29(30)6-22)50-20-35(21-51-40,18-48-32(44)36-8-23-2-24(9-36)13-38(46,12-23)16-36)19-49-33(45)37-10-25-3-26(11-37)15-39(47,14-25)17-37/h22-30,46-47H,2-21H2,1H3. The summed E-state index contributed by atoms with van der Waals surface area (Å²) < 4.78 is 59.6. The van der Waals surface area contributed by atoms with Gasteiger partial charge in [0.05, 0.1) is 46.6 Å². The normalized spacial score (nSPS) is 53.4. The zero-order valence-corrected chi connectivity index (χ0v) is 30.3. The van der Waals surface area contributed by atoms with Crippen molar-refractivity contribution in [3.63, 3.8) is 0 Å². The summed E-state index contributed by atoms with van der Waals surface area (Å²) >= 11 is 0. The highest BCUT2D eigenvalue weighted by Gasteiger charge is 2.68. The molecule has 0 aromatic rings. The number of halogens is 2. The highest BCUT2D eigenvalue weighted by Crippen LogP contribution is 2.65. The molecule has 1 saturated heterocycles. The third kappa shape index (κ3) is 5.29. The van der Waals surface area contributed by atoms with Gasteiger partial charge in [-0.25, -0.2) is 4.79 Å². The van der Waals surface area contributed by atoms with Gasteiger partial charge in [0.25, 0.3) is 0 Å². The lowest BCUT2D eigenvalue weighted by Gasteiger charge is -2.64. The first-order valence-electron chi connectivity index (χ1n) is 20.2. The Morgan fingerprint density at radius 1 is 0.692 bits per heavy atom. The Morgan fingerprint density at radius 3 is 1.65 bits per heavy atom. The van der Waals surface area contributed by atoms with Gasteiger partial charge in [0, 0.05) is 12.8 Å². The third-order valence-electron chi connectivity index (χ3n) is 16.1. The van der Waals surface area contributed by atoms with Crippen molar-refractivity contribution in [1.82, 2.24) is 0 Å². The summed E-state index contributed by atoms with van der Waals surface area (Å²) in [5, 5.41) is 22.7. The first-order valence-corrected chi connectivity index (χ1v) is 20.2. The van der Waals surface area contributed by atoms with Gasteiger partial charge < -0.3 is 33.9 Å². The fourth-order valence-electron chi connectivity index (χ4n) is 15.1. The third-order valence-corrected chi connectivity index (χ3v) is 16.1. The Bertz CT molecular complexity index is 1440. The summed E-state index contributed by atoms with van der Waals surface area (Å²) in [6, 6.07) is 0. The van der Waals surface area contributed by atoms with Gasteiger partial charge in [0.2, 0.25) is 0 Å². The van der Waals surface area contributed by atoms with Crippen LogP contribution in [0.25, 0.3) is 0 Å². The maximum atomic E-state index is 14.1. The Balaban J connectivity index is 0.894. The lowest BCUT2D eigenvalue weighted by Crippen LogP contribution is -2.70. The van der Waals surface area contributed by atoms with Crippen LogP contribution in [0, 0.1) is 63.6 Å². The molecule has 52 heavy (non-hydrogen) atoms. The summed E-state index contributed by atoms with van der Waals surface area (Å²) in [5.74, 6) is -5.81. The van der Waals surface area contributed by atoms with Crippen LogP contribution in [-0.4, -0.2) is 83.6 Å². The molecule has 2 N–H and O–H groups in total. The minimum Gasteiger partial charge on any atom is -0.464 e. The number of ether oxygens (including phenoxy) is 5. The first-order chi connectivity index (χ1) is 24.5. The van der Waals surface area contributed by atoms with Crippen LogP contribution in [0.1, 0.15) is 110 Å². The molecule has 288 valence electrons. The number of hydrogen-bond donors (Lipinski definition) is 2. The fraction of sp³-hybridized carbons (Fsp3) is 0.925. The smallest absolute Gasteiger partial charge is 0.376 e. The Morgan fingerprint density at radius 2 is 1.19 bits per heavy atom. The van der Waals surface area contributed by atoms with E-state index >= 15 is 0 Å². The van der Waals surface area contributed by atoms with Crippen molar-refractivity contribution in [3.05, 3.63) is 0 Å². The van der Waals surface area contributed by atoms with Gasteiger partial charge in [-0.1, -0.05) is 0 Å². The van der Waals surface area contributed by atoms with E-state index in [0.29, 0.717) is 87.9 Å². The topological polar surface area (TPSA) is 138 Å². The van der Waals surface area contributed by atoms with E-state index in [1.54, 1.807) is 0 Å². The van der Waals surface area contributed by atoms with Crippen LogP contribution in [0.2, 0.25) is 0 Å². The number of aliphatic hydroxyl groups is 2. The van der Waals surface area contributed by atoms with Crippen LogP contribution < -0.4 is 0 Å². The van der Waals surface area contributed by atoms with Gasteiger partial charge in [0.15, 0.2) is 5.79 Å². The highest BCUT2D eigenvalue weighted by atomic mass is 19.3. The number of alkyl halides is 2. The molecule has 12 heteroatoms. The molecule has 13 aliphatic rings. The minimum atomic E-state index is -3.61. The molecule has 13 rings (SSSR count). The molecular formula is C40H54F2O10. The number of carbonyl (C=O) groups is 3. The first kappa shape index (κ1) is 34.6. The zero-order valence-electron chi connectivity index (χ0n) is 30.3. The highest BCUT2D eigenvalue weighted by molar-refractivity contribution is 5.79. The minimum absolute atomic E-state index is 0.00396. The van der Waals surface area contributed by atoms with E-state index < -0.39 is 57.1 Å². The molecule has 12 saturated carbocycles. The van der Waals surface area contributed by atoms with Gasteiger partial charge in [0.1, 0.15) is 19.3 Å². The van der Waals surface area contributed by atoms with Crippen LogP contribution in [-0.2, 0) is 38.1 Å². The van der Waals surface area contributed by atoms with E-state index in [0.717, 1.165) is 51.4 Å².